The van der Waals surface area contributed by atoms with Gasteiger partial charge in [-0.05, 0) is 25.0 Å². The fourth-order valence-electron chi connectivity index (χ4n) is 2.37. The van der Waals surface area contributed by atoms with Crippen molar-refractivity contribution in [1.29, 1.82) is 0 Å². The van der Waals surface area contributed by atoms with Crippen LogP contribution in [-0.4, -0.2) is 36.9 Å². The minimum absolute atomic E-state index is 0.0986. The molecule has 1 aromatic rings. The number of hydrogen-bond acceptors (Lipinski definition) is 4. The average Bonchev–Trinajstić information content (AvgIpc) is 2.87. The molecule has 6 nitrogen and oxygen atoms in total. The monoisotopic (exact) mass is 291 g/mol. The molecule has 0 aromatic heterocycles. The van der Waals surface area contributed by atoms with E-state index in [0.29, 0.717) is 42.9 Å². The second-order valence-electron chi connectivity index (χ2n) is 5.09. The highest BCUT2D eigenvalue weighted by molar-refractivity contribution is 5.94. The minimum atomic E-state index is -0.0986. The molecule has 1 aromatic carbocycles. The molecule has 6 heteroatoms. The Balaban J connectivity index is 1.78. The number of nitrogens with two attached hydrogens (primary N) is 1. The van der Waals surface area contributed by atoms with Gasteiger partial charge in [0.2, 0.25) is 11.8 Å². The van der Waals surface area contributed by atoms with Crippen LogP contribution in [0.4, 0.5) is 11.4 Å². The molecule has 1 aliphatic rings. The molecule has 3 N–H and O–H groups in total. The van der Waals surface area contributed by atoms with E-state index in [2.05, 4.69) is 5.32 Å². The molecule has 2 rings (SSSR count). The number of carbonyl (C=O) groups is 2. The number of nitrogens with zero attached hydrogens (tertiary/aromatic N) is 1. The summed E-state index contributed by atoms with van der Waals surface area (Å²) < 4.78 is 5.06. The number of amides is 2. The van der Waals surface area contributed by atoms with Crippen molar-refractivity contribution >= 4 is 23.2 Å². The first-order chi connectivity index (χ1) is 10.1. The van der Waals surface area contributed by atoms with E-state index >= 15 is 0 Å². The van der Waals surface area contributed by atoms with E-state index < -0.39 is 0 Å². The van der Waals surface area contributed by atoms with Crippen molar-refractivity contribution in [2.24, 2.45) is 0 Å². The zero-order valence-electron chi connectivity index (χ0n) is 12.2. The third-order valence-corrected chi connectivity index (χ3v) is 3.54. The summed E-state index contributed by atoms with van der Waals surface area (Å²) in [7, 11) is 1.56. The molecule has 0 saturated carbocycles. The second-order valence-corrected chi connectivity index (χ2v) is 5.09. The Kier molecular flexibility index (Phi) is 5.03. The summed E-state index contributed by atoms with van der Waals surface area (Å²) in [5.74, 6) is 0.742. The normalized spacial score (nSPS) is 14.3. The Labute approximate surface area is 124 Å². The molecule has 0 unspecified atom stereocenters. The molecule has 21 heavy (non-hydrogen) atoms. The van der Waals surface area contributed by atoms with Crippen molar-refractivity contribution in [3.8, 4) is 5.75 Å². The lowest BCUT2D eigenvalue weighted by molar-refractivity contribution is -0.128. The molecule has 0 radical (unpaired) electrons. The number of hydrogen-bond donors (Lipinski definition) is 2. The maximum absolute atomic E-state index is 11.9. The summed E-state index contributed by atoms with van der Waals surface area (Å²) in [5, 5.41) is 2.78. The van der Waals surface area contributed by atoms with Crippen LogP contribution < -0.4 is 15.8 Å². The Hall–Kier alpha value is -2.24. The SMILES string of the molecule is COc1ccc(NC(=O)CCCN2CCCC2=O)c(N)c1. The highest BCUT2D eigenvalue weighted by atomic mass is 16.5. The van der Waals surface area contributed by atoms with Crippen molar-refractivity contribution in [2.75, 3.05) is 31.2 Å². The van der Waals surface area contributed by atoms with Gasteiger partial charge in [-0.2, -0.15) is 0 Å². The van der Waals surface area contributed by atoms with E-state index in [1.165, 1.54) is 0 Å². The predicted molar refractivity (Wildman–Crippen MR) is 81.1 cm³/mol. The molecule has 0 spiro atoms. The third-order valence-electron chi connectivity index (χ3n) is 3.54. The van der Waals surface area contributed by atoms with Gasteiger partial charge in [0.15, 0.2) is 0 Å². The van der Waals surface area contributed by atoms with Crippen molar-refractivity contribution < 1.29 is 14.3 Å². The van der Waals surface area contributed by atoms with E-state index in [0.717, 1.165) is 13.0 Å². The van der Waals surface area contributed by atoms with Crippen LogP contribution in [-0.2, 0) is 9.59 Å². The number of benzene rings is 1. The van der Waals surface area contributed by atoms with Crippen LogP contribution >= 0.6 is 0 Å². The molecule has 0 bridgehead atoms. The summed E-state index contributed by atoms with van der Waals surface area (Å²) in [6.07, 6.45) is 2.59. The lowest BCUT2D eigenvalue weighted by Crippen LogP contribution is -2.26. The Bertz CT molecular complexity index is 531. The zero-order valence-corrected chi connectivity index (χ0v) is 12.2. The van der Waals surface area contributed by atoms with Gasteiger partial charge >= 0.3 is 0 Å². The van der Waals surface area contributed by atoms with E-state index in [4.69, 9.17) is 10.5 Å². The maximum Gasteiger partial charge on any atom is 0.224 e. The summed E-state index contributed by atoms with van der Waals surface area (Å²) in [6, 6.07) is 5.13. The molecular weight excluding hydrogens is 270 g/mol. The van der Waals surface area contributed by atoms with Gasteiger partial charge in [-0.1, -0.05) is 0 Å². The molecule has 0 atom stereocenters. The number of methoxy groups -OCH3 is 1. The number of nitrogen functional groups attached to an aromatic ring is 1. The van der Waals surface area contributed by atoms with Crippen molar-refractivity contribution in [1.82, 2.24) is 4.90 Å². The van der Waals surface area contributed by atoms with Crippen LogP contribution in [0.25, 0.3) is 0 Å². The zero-order chi connectivity index (χ0) is 15.2. The molecule has 1 heterocycles. The van der Waals surface area contributed by atoms with Gasteiger partial charge in [-0.15, -0.1) is 0 Å². The lowest BCUT2D eigenvalue weighted by atomic mass is 10.2. The fraction of sp³-hybridized carbons (Fsp3) is 0.467. The standard InChI is InChI=1S/C15H21N3O3/c1-21-11-6-7-13(12(16)10-11)17-14(19)4-2-8-18-9-3-5-15(18)20/h6-7,10H,2-5,8-9,16H2,1H3,(H,17,19). The average molecular weight is 291 g/mol. The van der Waals surface area contributed by atoms with E-state index in [-0.39, 0.29) is 11.8 Å². The number of ether oxygens (including phenoxy) is 1. The minimum Gasteiger partial charge on any atom is -0.497 e. The van der Waals surface area contributed by atoms with Crippen LogP contribution in [0.1, 0.15) is 25.7 Å². The first-order valence-corrected chi connectivity index (χ1v) is 7.11. The number of likely N-dealkylation sites (tertiary alicyclic amines) is 1. The van der Waals surface area contributed by atoms with Gasteiger partial charge in [0, 0.05) is 32.0 Å². The van der Waals surface area contributed by atoms with E-state index in [1.807, 2.05) is 4.90 Å². The van der Waals surface area contributed by atoms with Gasteiger partial charge in [-0.3, -0.25) is 9.59 Å². The van der Waals surface area contributed by atoms with Gasteiger partial charge in [-0.25, -0.2) is 0 Å². The van der Waals surface area contributed by atoms with Crippen LogP contribution in [0, 0.1) is 0 Å². The topological polar surface area (TPSA) is 84.7 Å². The van der Waals surface area contributed by atoms with Crippen LogP contribution in [0.15, 0.2) is 18.2 Å². The smallest absolute Gasteiger partial charge is 0.224 e. The van der Waals surface area contributed by atoms with Gasteiger partial charge in [0.05, 0.1) is 18.5 Å². The Morgan fingerprint density at radius 1 is 1.48 bits per heavy atom. The highest BCUT2D eigenvalue weighted by Gasteiger charge is 2.19. The maximum atomic E-state index is 11.9. The summed E-state index contributed by atoms with van der Waals surface area (Å²) in [6.45, 7) is 1.45. The first kappa shape index (κ1) is 15.2. The number of rotatable bonds is 6. The lowest BCUT2D eigenvalue weighted by Gasteiger charge is -2.15. The number of anilines is 2. The van der Waals surface area contributed by atoms with Gasteiger partial charge in [0.25, 0.3) is 0 Å². The third kappa shape index (κ3) is 4.11. The molecule has 1 fully saturated rings. The van der Waals surface area contributed by atoms with Crippen molar-refractivity contribution in [3.05, 3.63) is 18.2 Å². The highest BCUT2D eigenvalue weighted by Crippen LogP contribution is 2.24. The van der Waals surface area contributed by atoms with Crippen LogP contribution in [0.2, 0.25) is 0 Å². The van der Waals surface area contributed by atoms with Gasteiger partial charge in [0.1, 0.15) is 5.75 Å². The Morgan fingerprint density at radius 3 is 2.90 bits per heavy atom. The fourth-order valence-corrected chi connectivity index (χ4v) is 2.37. The quantitative estimate of drug-likeness (QED) is 0.780. The van der Waals surface area contributed by atoms with Gasteiger partial charge < -0.3 is 20.7 Å². The largest absolute Gasteiger partial charge is 0.497 e. The van der Waals surface area contributed by atoms with Crippen LogP contribution in [0.5, 0.6) is 5.75 Å². The molecule has 0 aliphatic carbocycles. The van der Waals surface area contributed by atoms with E-state index in [1.54, 1.807) is 25.3 Å². The molecule has 114 valence electrons. The second kappa shape index (κ2) is 6.97. The van der Waals surface area contributed by atoms with Crippen LogP contribution in [0.3, 0.4) is 0 Å². The van der Waals surface area contributed by atoms with Crippen molar-refractivity contribution in [3.63, 3.8) is 0 Å². The van der Waals surface area contributed by atoms with Crippen molar-refractivity contribution in [2.45, 2.75) is 25.7 Å². The number of carbonyl (C=O) groups excluding carboxylic acids is 2. The number of nitrogens with one attached hydrogen (secondary N) is 1. The first-order valence-electron chi connectivity index (χ1n) is 7.11. The Morgan fingerprint density at radius 2 is 2.29 bits per heavy atom. The van der Waals surface area contributed by atoms with E-state index in [9.17, 15) is 9.59 Å². The molecular formula is C15H21N3O3. The molecule has 1 aliphatic heterocycles. The molecule has 2 amide bonds. The summed E-state index contributed by atoms with van der Waals surface area (Å²) >= 11 is 0. The predicted octanol–water partition coefficient (Wildman–Crippen LogP) is 1.62. The summed E-state index contributed by atoms with van der Waals surface area (Å²) in [5.41, 5.74) is 6.90. The summed E-state index contributed by atoms with van der Waals surface area (Å²) in [4.78, 5) is 25.1. The molecule has 1 saturated heterocycles.